The molecule has 0 radical (unpaired) electrons. The van der Waals surface area contributed by atoms with E-state index in [1.165, 1.54) is 4.90 Å². The van der Waals surface area contributed by atoms with Crippen LogP contribution in [-0.2, 0) is 14.4 Å². The zero-order valence-electron chi connectivity index (χ0n) is 18.7. The number of hydrogen-bond acceptors (Lipinski definition) is 6. The molecule has 2 aliphatic rings. The predicted octanol–water partition coefficient (Wildman–Crippen LogP) is 4.91. The molecule has 2 saturated heterocycles. The summed E-state index contributed by atoms with van der Waals surface area (Å²) in [7, 11) is 1.60. The lowest BCUT2D eigenvalue weighted by Crippen LogP contribution is -2.37. The SMILES string of the molecule is CCOc1cccc(N2C(=O)[C@@H]3[C@H](ON(c4ccccc4)[C@@H]3c3ccc(OC)c(Br)c3)C2=O)c1. The highest BCUT2D eigenvalue weighted by Gasteiger charge is 2.60. The summed E-state index contributed by atoms with van der Waals surface area (Å²) >= 11 is 3.54. The van der Waals surface area contributed by atoms with Gasteiger partial charge in [0.05, 0.1) is 35.6 Å². The summed E-state index contributed by atoms with van der Waals surface area (Å²) in [5.74, 6) is -0.142. The van der Waals surface area contributed by atoms with E-state index in [1.807, 2.05) is 55.5 Å². The lowest BCUT2D eigenvalue weighted by Gasteiger charge is -2.29. The van der Waals surface area contributed by atoms with Crippen LogP contribution in [0.2, 0.25) is 0 Å². The summed E-state index contributed by atoms with van der Waals surface area (Å²) in [4.78, 5) is 34.6. The first kappa shape index (κ1) is 22.4. The number of carbonyl (C=O) groups is 2. The number of benzene rings is 3. The number of halogens is 1. The molecule has 2 aliphatic heterocycles. The number of fused-ring (bicyclic) bond motifs is 1. The van der Waals surface area contributed by atoms with Gasteiger partial charge in [-0.05, 0) is 64.8 Å². The average Bonchev–Trinajstić information content (AvgIpc) is 3.36. The second-order valence-electron chi connectivity index (χ2n) is 7.99. The molecule has 0 bridgehead atoms. The lowest BCUT2D eigenvalue weighted by molar-refractivity contribution is -0.126. The fraction of sp³-hybridized carbons (Fsp3) is 0.231. The lowest BCUT2D eigenvalue weighted by atomic mass is 9.90. The third-order valence-corrected chi connectivity index (χ3v) is 6.65. The molecule has 174 valence electrons. The van der Waals surface area contributed by atoms with E-state index in [0.717, 1.165) is 15.7 Å². The fourth-order valence-electron chi connectivity index (χ4n) is 4.55. The van der Waals surface area contributed by atoms with Crippen molar-refractivity contribution in [3.63, 3.8) is 0 Å². The maximum absolute atomic E-state index is 13.8. The van der Waals surface area contributed by atoms with Crippen molar-refractivity contribution in [3.05, 3.63) is 82.8 Å². The number of methoxy groups -OCH3 is 1. The van der Waals surface area contributed by atoms with Crippen LogP contribution < -0.4 is 19.4 Å². The molecule has 5 rings (SSSR count). The van der Waals surface area contributed by atoms with Crippen molar-refractivity contribution in [2.24, 2.45) is 5.92 Å². The molecule has 3 aromatic carbocycles. The third kappa shape index (κ3) is 3.73. The molecule has 2 fully saturated rings. The first-order chi connectivity index (χ1) is 16.5. The molecule has 3 atom stereocenters. The summed E-state index contributed by atoms with van der Waals surface area (Å²) in [6.45, 7) is 2.37. The van der Waals surface area contributed by atoms with E-state index in [1.54, 1.807) is 36.4 Å². The molecule has 2 heterocycles. The molecule has 0 N–H and O–H groups in total. The van der Waals surface area contributed by atoms with E-state index in [0.29, 0.717) is 23.8 Å². The summed E-state index contributed by atoms with van der Waals surface area (Å²) in [6.07, 6.45) is -0.936. The monoisotopic (exact) mass is 522 g/mol. The molecule has 0 saturated carbocycles. The Bertz CT molecular complexity index is 1230. The Kier molecular flexibility index (Phi) is 6.02. The number of ether oxygens (including phenoxy) is 2. The Balaban J connectivity index is 1.57. The number of rotatable bonds is 6. The molecule has 0 aromatic heterocycles. The van der Waals surface area contributed by atoms with E-state index in [4.69, 9.17) is 14.3 Å². The van der Waals surface area contributed by atoms with Gasteiger partial charge < -0.3 is 9.47 Å². The number of hydrogen-bond donors (Lipinski definition) is 0. The van der Waals surface area contributed by atoms with E-state index >= 15 is 0 Å². The highest BCUT2D eigenvalue weighted by atomic mass is 79.9. The number of hydroxylamine groups is 1. The second kappa shape index (κ2) is 9.12. The van der Waals surface area contributed by atoms with Crippen molar-refractivity contribution in [3.8, 4) is 11.5 Å². The fourth-order valence-corrected chi connectivity index (χ4v) is 5.11. The van der Waals surface area contributed by atoms with Gasteiger partial charge in [0.2, 0.25) is 5.91 Å². The first-order valence-corrected chi connectivity index (χ1v) is 11.8. The predicted molar refractivity (Wildman–Crippen MR) is 131 cm³/mol. The minimum absolute atomic E-state index is 0.306. The van der Waals surface area contributed by atoms with Crippen LogP contribution >= 0.6 is 15.9 Å². The Morgan fingerprint density at radius 2 is 1.71 bits per heavy atom. The van der Waals surface area contributed by atoms with Gasteiger partial charge in [-0.3, -0.25) is 14.4 Å². The van der Waals surface area contributed by atoms with Crippen LogP contribution in [0.25, 0.3) is 0 Å². The molecule has 34 heavy (non-hydrogen) atoms. The van der Waals surface area contributed by atoms with Gasteiger partial charge in [0.15, 0.2) is 6.10 Å². The Morgan fingerprint density at radius 3 is 2.41 bits per heavy atom. The van der Waals surface area contributed by atoms with Crippen molar-refractivity contribution < 1.29 is 23.9 Å². The van der Waals surface area contributed by atoms with Gasteiger partial charge in [-0.2, -0.15) is 0 Å². The summed E-state index contributed by atoms with van der Waals surface area (Å²) < 4.78 is 11.7. The average molecular weight is 523 g/mol. The van der Waals surface area contributed by atoms with Gasteiger partial charge >= 0.3 is 0 Å². The van der Waals surface area contributed by atoms with Crippen molar-refractivity contribution >= 4 is 39.1 Å². The quantitative estimate of drug-likeness (QED) is 0.428. The maximum Gasteiger partial charge on any atom is 0.266 e. The van der Waals surface area contributed by atoms with Gasteiger partial charge in [-0.25, -0.2) is 9.96 Å². The second-order valence-corrected chi connectivity index (χ2v) is 8.85. The normalized spacial score (nSPS) is 21.7. The molecular formula is C26H23BrN2O5. The van der Waals surface area contributed by atoms with Gasteiger partial charge in [0.25, 0.3) is 5.91 Å². The Morgan fingerprint density at radius 1 is 0.941 bits per heavy atom. The number of imide groups is 1. The molecule has 0 aliphatic carbocycles. The van der Waals surface area contributed by atoms with Crippen molar-refractivity contribution in [2.75, 3.05) is 23.7 Å². The largest absolute Gasteiger partial charge is 0.496 e. The van der Waals surface area contributed by atoms with E-state index < -0.39 is 18.1 Å². The molecule has 8 heteroatoms. The zero-order valence-corrected chi connectivity index (χ0v) is 20.3. The summed E-state index contributed by atoms with van der Waals surface area (Å²) in [6, 6.07) is 21.6. The smallest absolute Gasteiger partial charge is 0.266 e. The summed E-state index contributed by atoms with van der Waals surface area (Å²) in [5.41, 5.74) is 2.06. The van der Waals surface area contributed by atoms with Crippen molar-refractivity contribution in [1.29, 1.82) is 0 Å². The van der Waals surface area contributed by atoms with Gasteiger partial charge in [0, 0.05) is 6.07 Å². The number of para-hydroxylation sites is 1. The minimum Gasteiger partial charge on any atom is -0.496 e. The highest BCUT2D eigenvalue weighted by Crippen LogP contribution is 2.48. The molecule has 2 amide bonds. The van der Waals surface area contributed by atoms with Crippen LogP contribution in [-0.4, -0.2) is 31.6 Å². The number of amides is 2. The Labute approximate surface area is 205 Å². The standard InChI is InChI=1S/C26H23BrN2O5/c1-3-33-19-11-7-10-18(15-19)28-25(30)22-23(16-12-13-21(32-2)20(27)14-16)29(34-24(22)26(28)31)17-8-5-4-6-9-17/h4-15,22-24H,3H2,1-2H3/t22-,23+,24-/m0/s1. The van der Waals surface area contributed by atoms with E-state index in [9.17, 15) is 9.59 Å². The topological polar surface area (TPSA) is 68.3 Å². The van der Waals surface area contributed by atoms with Gasteiger partial charge in [0.1, 0.15) is 17.4 Å². The van der Waals surface area contributed by atoms with Crippen LogP contribution in [0.5, 0.6) is 11.5 Å². The van der Waals surface area contributed by atoms with Crippen molar-refractivity contribution in [2.45, 2.75) is 19.1 Å². The minimum atomic E-state index is -0.936. The summed E-state index contributed by atoms with van der Waals surface area (Å²) in [5, 5.41) is 1.67. The van der Waals surface area contributed by atoms with Crippen LogP contribution in [0, 0.1) is 5.92 Å². The molecular weight excluding hydrogens is 500 g/mol. The molecule has 0 unspecified atom stereocenters. The first-order valence-electron chi connectivity index (χ1n) is 11.0. The number of carbonyl (C=O) groups excluding carboxylic acids is 2. The van der Waals surface area contributed by atoms with Crippen LogP contribution in [0.4, 0.5) is 11.4 Å². The zero-order chi connectivity index (χ0) is 23.8. The Hall–Kier alpha value is -3.36. The van der Waals surface area contributed by atoms with Gasteiger partial charge in [-0.1, -0.05) is 30.3 Å². The van der Waals surface area contributed by atoms with E-state index in [-0.39, 0.29) is 11.8 Å². The van der Waals surface area contributed by atoms with E-state index in [2.05, 4.69) is 15.9 Å². The molecule has 0 spiro atoms. The highest BCUT2D eigenvalue weighted by molar-refractivity contribution is 9.10. The molecule has 3 aromatic rings. The van der Waals surface area contributed by atoms with Crippen molar-refractivity contribution in [1.82, 2.24) is 0 Å². The van der Waals surface area contributed by atoms with Gasteiger partial charge in [-0.15, -0.1) is 0 Å². The number of anilines is 2. The molecule has 7 nitrogen and oxygen atoms in total. The number of nitrogens with zero attached hydrogens (tertiary/aromatic N) is 2. The maximum atomic E-state index is 13.8. The van der Waals surface area contributed by atoms with Crippen LogP contribution in [0.1, 0.15) is 18.5 Å². The van der Waals surface area contributed by atoms with Crippen LogP contribution in [0.3, 0.4) is 0 Å². The third-order valence-electron chi connectivity index (χ3n) is 6.03. The van der Waals surface area contributed by atoms with Crippen LogP contribution in [0.15, 0.2) is 77.3 Å².